The van der Waals surface area contributed by atoms with Crippen molar-refractivity contribution in [2.24, 2.45) is 0 Å². The molecule has 1 aliphatic rings. The zero-order valence-electron chi connectivity index (χ0n) is 7.95. The third kappa shape index (κ3) is 2.14. The standard InChI is InChI=1S/C10H14N2O2/c13-10-9(4-1-5-11-10)12-7-8-3-2-6-14-8/h2-3,6,9,12H,1,4-5,7H2,(H,11,13). The van der Waals surface area contributed by atoms with E-state index in [1.807, 2.05) is 12.1 Å². The highest BCUT2D eigenvalue weighted by Crippen LogP contribution is 2.05. The number of piperidine rings is 1. The van der Waals surface area contributed by atoms with Crippen LogP contribution in [0.2, 0.25) is 0 Å². The van der Waals surface area contributed by atoms with Crippen molar-refractivity contribution in [3.8, 4) is 0 Å². The Morgan fingerprint density at radius 2 is 2.57 bits per heavy atom. The van der Waals surface area contributed by atoms with Gasteiger partial charge in [-0.15, -0.1) is 0 Å². The molecule has 1 saturated heterocycles. The summed E-state index contributed by atoms with van der Waals surface area (Å²) in [5.74, 6) is 0.964. The molecule has 2 heterocycles. The van der Waals surface area contributed by atoms with Crippen molar-refractivity contribution < 1.29 is 9.21 Å². The van der Waals surface area contributed by atoms with Crippen LogP contribution in [-0.2, 0) is 11.3 Å². The topological polar surface area (TPSA) is 54.3 Å². The molecule has 14 heavy (non-hydrogen) atoms. The van der Waals surface area contributed by atoms with E-state index in [0.29, 0.717) is 6.54 Å². The number of hydrogen-bond donors (Lipinski definition) is 2. The summed E-state index contributed by atoms with van der Waals surface area (Å²) in [6.07, 6.45) is 3.59. The molecule has 1 aliphatic heterocycles. The van der Waals surface area contributed by atoms with Crippen LogP contribution in [0.25, 0.3) is 0 Å². The average molecular weight is 194 g/mol. The zero-order valence-corrected chi connectivity index (χ0v) is 7.95. The number of hydrogen-bond acceptors (Lipinski definition) is 3. The first-order valence-electron chi connectivity index (χ1n) is 4.90. The van der Waals surface area contributed by atoms with Crippen LogP contribution in [0.5, 0.6) is 0 Å². The summed E-state index contributed by atoms with van der Waals surface area (Å²) in [6.45, 7) is 1.42. The Morgan fingerprint density at radius 1 is 1.64 bits per heavy atom. The normalized spacial score (nSPS) is 22.0. The highest BCUT2D eigenvalue weighted by atomic mass is 16.3. The van der Waals surface area contributed by atoms with E-state index in [1.54, 1.807) is 6.26 Å². The average Bonchev–Trinajstić information content (AvgIpc) is 2.69. The largest absolute Gasteiger partial charge is 0.468 e. The van der Waals surface area contributed by atoms with Crippen LogP contribution in [0, 0.1) is 0 Å². The molecule has 1 amide bonds. The Kier molecular flexibility index (Phi) is 2.84. The zero-order chi connectivity index (χ0) is 9.80. The van der Waals surface area contributed by atoms with Gasteiger partial charge in [0.2, 0.25) is 5.91 Å². The fourth-order valence-corrected chi connectivity index (χ4v) is 1.60. The maximum absolute atomic E-state index is 11.3. The molecule has 0 spiro atoms. The lowest BCUT2D eigenvalue weighted by Crippen LogP contribution is -2.47. The fraction of sp³-hybridized carbons (Fsp3) is 0.500. The Balaban J connectivity index is 1.82. The fourth-order valence-electron chi connectivity index (χ4n) is 1.60. The summed E-state index contributed by atoms with van der Waals surface area (Å²) in [7, 11) is 0. The second-order valence-corrected chi connectivity index (χ2v) is 3.45. The van der Waals surface area contributed by atoms with E-state index in [0.717, 1.165) is 25.1 Å². The molecule has 1 aromatic heterocycles. The van der Waals surface area contributed by atoms with Gasteiger partial charge in [0, 0.05) is 6.54 Å². The molecule has 1 atom stereocenters. The molecule has 0 bridgehead atoms. The molecule has 76 valence electrons. The van der Waals surface area contributed by atoms with E-state index in [4.69, 9.17) is 4.42 Å². The number of nitrogens with one attached hydrogen (secondary N) is 2. The smallest absolute Gasteiger partial charge is 0.237 e. The van der Waals surface area contributed by atoms with Gasteiger partial charge in [-0.25, -0.2) is 0 Å². The van der Waals surface area contributed by atoms with Crippen LogP contribution in [-0.4, -0.2) is 18.5 Å². The van der Waals surface area contributed by atoms with E-state index in [-0.39, 0.29) is 11.9 Å². The van der Waals surface area contributed by atoms with Crippen LogP contribution in [0.3, 0.4) is 0 Å². The van der Waals surface area contributed by atoms with Crippen molar-refractivity contribution >= 4 is 5.91 Å². The first kappa shape index (κ1) is 9.27. The summed E-state index contributed by atoms with van der Waals surface area (Å²) in [5, 5.41) is 6.00. The highest BCUT2D eigenvalue weighted by molar-refractivity contribution is 5.82. The first-order valence-corrected chi connectivity index (χ1v) is 4.90. The van der Waals surface area contributed by atoms with Gasteiger partial charge in [0.1, 0.15) is 5.76 Å². The number of carbonyl (C=O) groups excluding carboxylic acids is 1. The van der Waals surface area contributed by atoms with Gasteiger partial charge in [-0.3, -0.25) is 10.1 Å². The van der Waals surface area contributed by atoms with Crippen molar-refractivity contribution in [3.63, 3.8) is 0 Å². The maximum atomic E-state index is 11.3. The molecule has 4 nitrogen and oxygen atoms in total. The molecule has 1 aromatic rings. The van der Waals surface area contributed by atoms with Crippen molar-refractivity contribution in [2.75, 3.05) is 6.54 Å². The van der Waals surface area contributed by atoms with Crippen molar-refractivity contribution in [1.29, 1.82) is 0 Å². The molecule has 0 aliphatic carbocycles. The first-order chi connectivity index (χ1) is 6.86. The van der Waals surface area contributed by atoms with E-state index < -0.39 is 0 Å². The van der Waals surface area contributed by atoms with Gasteiger partial charge in [0.05, 0.1) is 18.8 Å². The molecular weight excluding hydrogens is 180 g/mol. The highest BCUT2D eigenvalue weighted by Gasteiger charge is 2.20. The molecule has 1 fully saturated rings. The van der Waals surface area contributed by atoms with Gasteiger partial charge in [0.15, 0.2) is 0 Å². The van der Waals surface area contributed by atoms with Crippen LogP contribution < -0.4 is 10.6 Å². The maximum Gasteiger partial charge on any atom is 0.237 e. The molecule has 2 N–H and O–H groups in total. The Hall–Kier alpha value is -1.29. The molecule has 0 aromatic carbocycles. The van der Waals surface area contributed by atoms with Gasteiger partial charge in [0.25, 0.3) is 0 Å². The van der Waals surface area contributed by atoms with Gasteiger partial charge in [-0.1, -0.05) is 0 Å². The molecule has 2 rings (SSSR count). The number of amides is 1. The predicted octanol–water partition coefficient (Wildman–Crippen LogP) is 0.648. The summed E-state index contributed by atoms with van der Waals surface area (Å²) in [4.78, 5) is 11.3. The van der Waals surface area contributed by atoms with Crippen LogP contribution >= 0.6 is 0 Å². The lowest BCUT2D eigenvalue weighted by atomic mass is 10.1. The molecule has 0 saturated carbocycles. The minimum Gasteiger partial charge on any atom is -0.468 e. The molecule has 4 heteroatoms. The van der Waals surface area contributed by atoms with Crippen molar-refractivity contribution in [2.45, 2.75) is 25.4 Å². The molecular formula is C10H14N2O2. The predicted molar refractivity (Wildman–Crippen MR) is 51.6 cm³/mol. The lowest BCUT2D eigenvalue weighted by Gasteiger charge is -2.22. The monoisotopic (exact) mass is 194 g/mol. The SMILES string of the molecule is O=C1NCCCC1NCc1ccco1. The number of rotatable bonds is 3. The number of carbonyl (C=O) groups is 1. The second-order valence-electron chi connectivity index (χ2n) is 3.45. The minimum atomic E-state index is -0.0613. The Morgan fingerprint density at radius 3 is 3.29 bits per heavy atom. The van der Waals surface area contributed by atoms with E-state index >= 15 is 0 Å². The van der Waals surface area contributed by atoms with E-state index in [1.165, 1.54) is 0 Å². The Bertz CT molecular complexity index is 295. The van der Waals surface area contributed by atoms with Crippen molar-refractivity contribution in [3.05, 3.63) is 24.2 Å². The van der Waals surface area contributed by atoms with Crippen LogP contribution in [0.15, 0.2) is 22.8 Å². The van der Waals surface area contributed by atoms with Gasteiger partial charge < -0.3 is 9.73 Å². The lowest BCUT2D eigenvalue weighted by molar-refractivity contribution is -0.124. The van der Waals surface area contributed by atoms with Gasteiger partial charge >= 0.3 is 0 Å². The van der Waals surface area contributed by atoms with Crippen LogP contribution in [0.4, 0.5) is 0 Å². The quantitative estimate of drug-likeness (QED) is 0.742. The second kappa shape index (κ2) is 4.28. The summed E-state index contributed by atoms with van der Waals surface area (Å²) < 4.78 is 5.17. The van der Waals surface area contributed by atoms with Gasteiger partial charge in [-0.05, 0) is 25.0 Å². The third-order valence-electron chi connectivity index (χ3n) is 2.39. The number of furan rings is 1. The van der Waals surface area contributed by atoms with E-state index in [9.17, 15) is 4.79 Å². The summed E-state index contributed by atoms with van der Waals surface area (Å²) >= 11 is 0. The molecule has 0 radical (unpaired) electrons. The molecule has 1 unspecified atom stereocenters. The minimum absolute atomic E-state index is 0.0613. The van der Waals surface area contributed by atoms with Gasteiger partial charge in [-0.2, -0.15) is 0 Å². The van der Waals surface area contributed by atoms with E-state index in [2.05, 4.69) is 10.6 Å². The summed E-state index contributed by atoms with van der Waals surface area (Å²) in [5.41, 5.74) is 0. The Labute approximate surface area is 82.7 Å². The summed E-state index contributed by atoms with van der Waals surface area (Å²) in [6, 6.07) is 3.68. The van der Waals surface area contributed by atoms with Crippen molar-refractivity contribution in [1.82, 2.24) is 10.6 Å². The van der Waals surface area contributed by atoms with Crippen LogP contribution in [0.1, 0.15) is 18.6 Å². The third-order valence-corrected chi connectivity index (χ3v) is 2.39.